The standard InChI is InChI=1S/C18H23N3O3.C2HF3O2/c22-16-4-2-8-21(16)15-5-10-24-18(11-15)6-9-20(13-18)17(23)14-3-1-7-19-12-14;3-2(4,5)1(6)7/h1,3,7,12,15H,2,4-6,8-11,13H2;(H,6,7)/t15-,18-;/m1./s1. The van der Waals surface area contributed by atoms with Gasteiger partial charge in [0.15, 0.2) is 0 Å². The first-order valence-electron chi connectivity index (χ1n) is 10.0. The number of amides is 2. The quantitative estimate of drug-likeness (QED) is 0.752. The predicted octanol–water partition coefficient (Wildman–Crippen LogP) is 2.10. The maximum absolute atomic E-state index is 12.6. The molecule has 0 aliphatic carbocycles. The molecule has 1 spiro atoms. The van der Waals surface area contributed by atoms with E-state index in [1.807, 2.05) is 9.80 Å². The van der Waals surface area contributed by atoms with Crippen LogP contribution in [-0.2, 0) is 14.3 Å². The molecule has 1 aromatic rings. The fraction of sp³-hybridized carbons (Fsp3) is 0.600. The zero-order valence-electron chi connectivity index (χ0n) is 16.8. The lowest BCUT2D eigenvalue weighted by Gasteiger charge is -2.41. The number of aromatic nitrogens is 1. The van der Waals surface area contributed by atoms with Gasteiger partial charge in [-0.05, 0) is 37.8 Å². The number of nitrogens with zero attached hydrogens (tertiary/aromatic N) is 3. The van der Waals surface area contributed by atoms with E-state index < -0.39 is 12.1 Å². The van der Waals surface area contributed by atoms with Crippen LogP contribution < -0.4 is 0 Å². The first-order valence-corrected chi connectivity index (χ1v) is 10.0. The molecule has 3 saturated heterocycles. The van der Waals surface area contributed by atoms with Crippen molar-refractivity contribution in [2.45, 2.75) is 49.9 Å². The molecule has 11 heteroatoms. The van der Waals surface area contributed by atoms with E-state index in [9.17, 15) is 22.8 Å². The van der Waals surface area contributed by atoms with E-state index in [0.717, 1.165) is 32.2 Å². The summed E-state index contributed by atoms with van der Waals surface area (Å²) in [5, 5.41) is 7.12. The van der Waals surface area contributed by atoms with Crippen LogP contribution in [0.3, 0.4) is 0 Å². The van der Waals surface area contributed by atoms with Gasteiger partial charge >= 0.3 is 12.1 Å². The Balaban J connectivity index is 0.000000339. The highest BCUT2D eigenvalue weighted by Gasteiger charge is 2.46. The molecule has 0 aromatic carbocycles. The number of rotatable bonds is 2. The van der Waals surface area contributed by atoms with Crippen molar-refractivity contribution in [3.05, 3.63) is 30.1 Å². The number of carbonyl (C=O) groups excluding carboxylic acids is 2. The van der Waals surface area contributed by atoms with Crippen LogP contribution in [0, 0.1) is 0 Å². The molecule has 4 rings (SSSR count). The maximum Gasteiger partial charge on any atom is 0.490 e. The SMILES string of the molecule is O=C(O)C(F)(F)F.O=C(c1cccnc1)N1CC[C@@]2(C[C@H](N3CCCC3=O)CCO2)C1. The van der Waals surface area contributed by atoms with Gasteiger partial charge in [-0.2, -0.15) is 13.2 Å². The Hall–Kier alpha value is -2.69. The highest BCUT2D eigenvalue weighted by Crippen LogP contribution is 2.37. The summed E-state index contributed by atoms with van der Waals surface area (Å²) < 4.78 is 37.9. The molecule has 170 valence electrons. The monoisotopic (exact) mass is 443 g/mol. The van der Waals surface area contributed by atoms with Gasteiger partial charge in [0.1, 0.15) is 0 Å². The van der Waals surface area contributed by atoms with E-state index in [0.29, 0.717) is 31.7 Å². The van der Waals surface area contributed by atoms with Crippen molar-refractivity contribution in [2.75, 3.05) is 26.2 Å². The average Bonchev–Trinajstić information content (AvgIpc) is 3.34. The molecule has 2 amide bonds. The van der Waals surface area contributed by atoms with E-state index >= 15 is 0 Å². The molecular formula is C20H24F3N3O5. The van der Waals surface area contributed by atoms with Gasteiger partial charge < -0.3 is 19.6 Å². The van der Waals surface area contributed by atoms with Crippen LogP contribution >= 0.6 is 0 Å². The molecule has 8 nitrogen and oxygen atoms in total. The first-order chi connectivity index (χ1) is 14.6. The second-order valence-electron chi connectivity index (χ2n) is 7.89. The van der Waals surface area contributed by atoms with Gasteiger partial charge in [0.25, 0.3) is 5.91 Å². The van der Waals surface area contributed by atoms with Crippen LogP contribution in [0.1, 0.15) is 42.5 Å². The summed E-state index contributed by atoms with van der Waals surface area (Å²) in [5.74, 6) is -2.46. The molecule has 31 heavy (non-hydrogen) atoms. The number of hydrogen-bond donors (Lipinski definition) is 1. The number of aliphatic carboxylic acids is 1. The molecule has 0 bridgehead atoms. The van der Waals surface area contributed by atoms with Crippen molar-refractivity contribution in [3.63, 3.8) is 0 Å². The van der Waals surface area contributed by atoms with Crippen LogP contribution in [0.25, 0.3) is 0 Å². The molecule has 1 aromatic heterocycles. The zero-order chi connectivity index (χ0) is 22.6. The molecule has 3 aliphatic rings. The fourth-order valence-electron chi connectivity index (χ4n) is 4.30. The second kappa shape index (κ2) is 9.21. The summed E-state index contributed by atoms with van der Waals surface area (Å²) in [5.41, 5.74) is 0.334. The number of ether oxygens (including phenoxy) is 1. The van der Waals surface area contributed by atoms with Gasteiger partial charge in [-0.15, -0.1) is 0 Å². The highest BCUT2D eigenvalue weighted by molar-refractivity contribution is 5.94. The van der Waals surface area contributed by atoms with Gasteiger partial charge in [0.05, 0.1) is 17.7 Å². The van der Waals surface area contributed by atoms with Crippen molar-refractivity contribution in [3.8, 4) is 0 Å². The van der Waals surface area contributed by atoms with Crippen LogP contribution in [0.4, 0.5) is 13.2 Å². The van der Waals surface area contributed by atoms with E-state index in [1.165, 1.54) is 0 Å². The van der Waals surface area contributed by atoms with Crippen LogP contribution in [0.5, 0.6) is 0 Å². The van der Waals surface area contributed by atoms with E-state index in [-0.39, 0.29) is 23.5 Å². The normalized spacial score (nSPS) is 26.0. The number of carboxylic acid groups (broad SMARTS) is 1. The predicted molar refractivity (Wildman–Crippen MR) is 101 cm³/mol. The topological polar surface area (TPSA) is 100 Å². The zero-order valence-corrected chi connectivity index (χ0v) is 16.8. The number of alkyl halides is 3. The van der Waals surface area contributed by atoms with E-state index in [4.69, 9.17) is 14.6 Å². The van der Waals surface area contributed by atoms with E-state index in [1.54, 1.807) is 24.5 Å². The van der Waals surface area contributed by atoms with Crippen molar-refractivity contribution in [1.82, 2.24) is 14.8 Å². The molecule has 4 heterocycles. The van der Waals surface area contributed by atoms with Crippen molar-refractivity contribution < 1.29 is 37.4 Å². The van der Waals surface area contributed by atoms with Gasteiger partial charge in [-0.3, -0.25) is 14.6 Å². The Morgan fingerprint density at radius 3 is 2.61 bits per heavy atom. The second-order valence-corrected chi connectivity index (χ2v) is 7.89. The molecule has 2 atom stereocenters. The third-order valence-corrected chi connectivity index (χ3v) is 5.77. The molecule has 3 fully saturated rings. The fourth-order valence-corrected chi connectivity index (χ4v) is 4.30. The molecule has 0 unspecified atom stereocenters. The molecule has 1 N–H and O–H groups in total. The minimum Gasteiger partial charge on any atom is -0.475 e. The lowest BCUT2D eigenvalue weighted by molar-refractivity contribution is -0.192. The van der Waals surface area contributed by atoms with Crippen molar-refractivity contribution >= 4 is 17.8 Å². The number of pyridine rings is 1. The summed E-state index contributed by atoms with van der Waals surface area (Å²) in [6.07, 6.45) is 2.44. The molecule has 0 radical (unpaired) electrons. The van der Waals surface area contributed by atoms with Crippen molar-refractivity contribution in [1.29, 1.82) is 0 Å². The van der Waals surface area contributed by atoms with Gasteiger partial charge in [-0.25, -0.2) is 4.79 Å². The summed E-state index contributed by atoms with van der Waals surface area (Å²) in [4.78, 5) is 41.5. The van der Waals surface area contributed by atoms with Crippen LogP contribution in [0.2, 0.25) is 0 Å². The van der Waals surface area contributed by atoms with Gasteiger partial charge in [0, 0.05) is 44.6 Å². The number of halogens is 3. The molecule has 0 saturated carbocycles. The van der Waals surface area contributed by atoms with Crippen molar-refractivity contribution in [2.24, 2.45) is 0 Å². The Morgan fingerprint density at radius 2 is 2.03 bits per heavy atom. The smallest absolute Gasteiger partial charge is 0.475 e. The summed E-state index contributed by atoms with van der Waals surface area (Å²) >= 11 is 0. The Kier molecular flexibility index (Phi) is 6.83. The number of hydrogen-bond acceptors (Lipinski definition) is 5. The van der Waals surface area contributed by atoms with Gasteiger partial charge in [0.2, 0.25) is 5.91 Å². The Labute approximate surface area is 177 Å². The van der Waals surface area contributed by atoms with Crippen LogP contribution in [-0.4, -0.2) is 81.7 Å². The average molecular weight is 443 g/mol. The lowest BCUT2D eigenvalue weighted by atomic mass is 9.89. The summed E-state index contributed by atoms with van der Waals surface area (Å²) in [6.45, 7) is 2.86. The first kappa shape index (κ1) is 23.0. The van der Waals surface area contributed by atoms with Gasteiger partial charge in [-0.1, -0.05) is 0 Å². The largest absolute Gasteiger partial charge is 0.490 e. The minimum atomic E-state index is -5.08. The third kappa shape index (κ3) is 5.52. The highest BCUT2D eigenvalue weighted by atomic mass is 19.4. The Bertz CT molecular complexity index is 820. The van der Waals surface area contributed by atoms with E-state index in [2.05, 4.69) is 4.98 Å². The summed E-state index contributed by atoms with van der Waals surface area (Å²) in [6, 6.07) is 3.85. The minimum absolute atomic E-state index is 0.0166. The lowest BCUT2D eigenvalue weighted by Crippen LogP contribution is -2.50. The Morgan fingerprint density at radius 1 is 1.29 bits per heavy atom. The maximum atomic E-state index is 12.6. The molecule has 3 aliphatic heterocycles. The van der Waals surface area contributed by atoms with Crippen LogP contribution in [0.15, 0.2) is 24.5 Å². The number of carbonyl (C=O) groups is 3. The summed E-state index contributed by atoms with van der Waals surface area (Å²) in [7, 11) is 0. The number of carboxylic acids is 1. The molecular weight excluding hydrogens is 419 g/mol. The number of likely N-dealkylation sites (tertiary alicyclic amines) is 2. The third-order valence-electron chi connectivity index (χ3n) is 5.77.